The Balaban J connectivity index is 2.14. The minimum atomic E-state index is -0.152. The van der Waals surface area contributed by atoms with Crippen molar-refractivity contribution in [2.75, 3.05) is 19.5 Å². The maximum absolute atomic E-state index is 11.9. The molecule has 0 aliphatic heterocycles. The summed E-state index contributed by atoms with van der Waals surface area (Å²) in [7, 11) is 3.10. The molecule has 0 aliphatic rings. The minimum Gasteiger partial charge on any atom is -0.495 e. The molecule has 0 saturated carbocycles. The fraction of sp³-hybridized carbons (Fsp3) is 0.231. The molecule has 0 spiro atoms. The topological polar surface area (TPSA) is 76.2 Å². The fourth-order valence-electron chi connectivity index (χ4n) is 1.70. The maximum Gasteiger partial charge on any atom is 0.230 e. The summed E-state index contributed by atoms with van der Waals surface area (Å²) in [6, 6.07) is 5.19. The molecule has 0 aliphatic carbocycles. The van der Waals surface area contributed by atoms with Crippen molar-refractivity contribution >= 4 is 27.5 Å². The van der Waals surface area contributed by atoms with E-state index in [4.69, 9.17) is 9.47 Å². The lowest BCUT2D eigenvalue weighted by Crippen LogP contribution is -2.14. The number of hydrogen-bond donors (Lipinski definition) is 2. The summed E-state index contributed by atoms with van der Waals surface area (Å²) >= 11 is 3.37. The van der Waals surface area contributed by atoms with Crippen LogP contribution in [0.1, 0.15) is 5.69 Å². The van der Waals surface area contributed by atoms with E-state index in [9.17, 15) is 4.79 Å². The molecule has 2 aromatic rings. The predicted octanol–water partition coefficient (Wildman–Crippen LogP) is 2.37. The van der Waals surface area contributed by atoms with Gasteiger partial charge in [0.1, 0.15) is 16.0 Å². The summed E-state index contributed by atoms with van der Waals surface area (Å²) in [5.41, 5.74) is 1.35. The van der Waals surface area contributed by atoms with E-state index in [-0.39, 0.29) is 12.3 Å². The van der Waals surface area contributed by atoms with Crippen molar-refractivity contribution in [3.05, 3.63) is 34.6 Å². The SMILES string of the molecule is COc1cc(NC(=O)Cc2ccn[nH]2)cc(OC)c1Br. The van der Waals surface area contributed by atoms with Crippen LogP contribution in [0.5, 0.6) is 11.5 Å². The number of benzene rings is 1. The first-order valence-corrected chi connectivity index (χ1v) is 6.63. The largest absolute Gasteiger partial charge is 0.495 e. The second-order valence-corrected chi connectivity index (χ2v) is 4.79. The second kappa shape index (κ2) is 6.42. The van der Waals surface area contributed by atoms with Crippen LogP contribution in [-0.2, 0) is 11.2 Å². The molecule has 0 radical (unpaired) electrons. The van der Waals surface area contributed by atoms with Crippen molar-refractivity contribution in [1.29, 1.82) is 0 Å². The summed E-state index contributed by atoms with van der Waals surface area (Å²) in [4.78, 5) is 11.9. The lowest BCUT2D eigenvalue weighted by molar-refractivity contribution is -0.115. The van der Waals surface area contributed by atoms with Gasteiger partial charge < -0.3 is 14.8 Å². The minimum absolute atomic E-state index is 0.152. The highest BCUT2D eigenvalue weighted by molar-refractivity contribution is 9.10. The van der Waals surface area contributed by atoms with Crippen molar-refractivity contribution in [2.45, 2.75) is 6.42 Å². The molecular weight excluding hydrogens is 326 g/mol. The van der Waals surface area contributed by atoms with Crippen LogP contribution in [0, 0.1) is 0 Å². The van der Waals surface area contributed by atoms with Gasteiger partial charge in [-0.25, -0.2) is 0 Å². The quantitative estimate of drug-likeness (QED) is 0.876. The van der Waals surface area contributed by atoms with Gasteiger partial charge in [0, 0.05) is 29.7 Å². The first-order chi connectivity index (χ1) is 9.63. The van der Waals surface area contributed by atoms with Crippen molar-refractivity contribution < 1.29 is 14.3 Å². The summed E-state index contributed by atoms with van der Waals surface area (Å²) in [5, 5.41) is 9.33. The number of ether oxygens (including phenoxy) is 2. The number of carbonyl (C=O) groups excluding carboxylic acids is 1. The number of aromatic amines is 1. The van der Waals surface area contributed by atoms with Gasteiger partial charge in [0.05, 0.1) is 20.6 Å². The van der Waals surface area contributed by atoms with E-state index >= 15 is 0 Å². The molecule has 1 amide bonds. The maximum atomic E-state index is 11.9. The van der Waals surface area contributed by atoms with E-state index in [2.05, 4.69) is 31.4 Å². The Morgan fingerprint density at radius 1 is 1.35 bits per heavy atom. The number of nitrogens with one attached hydrogen (secondary N) is 2. The van der Waals surface area contributed by atoms with Gasteiger partial charge in [0.15, 0.2) is 0 Å². The number of amides is 1. The van der Waals surface area contributed by atoms with Crippen molar-refractivity contribution in [3.8, 4) is 11.5 Å². The highest BCUT2D eigenvalue weighted by atomic mass is 79.9. The average Bonchev–Trinajstić information content (AvgIpc) is 2.93. The summed E-state index contributed by atoms with van der Waals surface area (Å²) < 4.78 is 11.1. The Hall–Kier alpha value is -2.02. The van der Waals surface area contributed by atoms with Crippen molar-refractivity contribution in [3.63, 3.8) is 0 Å². The smallest absolute Gasteiger partial charge is 0.230 e. The monoisotopic (exact) mass is 339 g/mol. The van der Waals surface area contributed by atoms with Gasteiger partial charge in [0.25, 0.3) is 0 Å². The van der Waals surface area contributed by atoms with Gasteiger partial charge >= 0.3 is 0 Å². The van der Waals surface area contributed by atoms with Crippen LogP contribution in [0.15, 0.2) is 28.9 Å². The van der Waals surface area contributed by atoms with E-state index in [1.807, 2.05) is 0 Å². The normalized spacial score (nSPS) is 10.2. The highest BCUT2D eigenvalue weighted by Gasteiger charge is 2.12. The molecule has 1 heterocycles. The summed E-state index contributed by atoms with van der Waals surface area (Å²) in [5.74, 6) is 1.02. The van der Waals surface area contributed by atoms with Crippen molar-refractivity contribution in [2.24, 2.45) is 0 Å². The van der Waals surface area contributed by atoms with Crippen LogP contribution >= 0.6 is 15.9 Å². The molecule has 2 N–H and O–H groups in total. The van der Waals surface area contributed by atoms with Crippen LogP contribution in [0.25, 0.3) is 0 Å². The molecule has 7 heteroatoms. The van der Waals surface area contributed by atoms with E-state index in [0.717, 1.165) is 5.69 Å². The molecule has 0 atom stereocenters. The van der Waals surface area contributed by atoms with Crippen LogP contribution in [0.3, 0.4) is 0 Å². The van der Waals surface area contributed by atoms with Crippen LogP contribution in [-0.4, -0.2) is 30.3 Å². The number of nitrogens with zero attached hydrogens (tertiary/aromatic N) is 1. The standard InChI is InChI=1S/C13H14BrN3O3/c1-19-10-5-9(6-11(20-2)13(10)14)16-12(18)7-8-3-4-15-17-8/h3-6H,7H2,1-2H3,(H,15,17)(H,16,18). The number of anilines is 1. The molecular formula is C13H14BrN3O3. The number of methoxy groups -OCH3 is 2. The van der Waals surface area contributed by atoms with Crippen LogP contribution in [0.4, 0.5) is 5.69 Å². The summed E-state index contributed by atoms with van der Waals surface area (Å²) in [6.45, 7) is 0. The zero-order valence-electron chi connectivity index (χ0n) is 11.1. The first kappa shape index (κ1) is 14.4. The van der Waals surface area contributed by atoms with Crippen LogP contribution < -0.4 is 14.8 Å². The van der Waals surface area contributed by atoms with Gasteiger partial charge in [-0.05, 0) is 22.0 Å². The number of carbonyl (C=O) groups is 1. The third-order valence-corrected chi connectivity index (χ3v) is 3.42. The fourth-order valence-corrected chi connectivity index (χ4v) is 2.26. The number of H-pyrrole nitrogens is 1. The van der Waals surface area contributed by atoms with Gasteiger partial charge in [-0.1, -0.05) is 0 Å². The van der Waals surface area contributed by atoms with Crippen LogP contribution in [0.2, 0.25) is 0 Å². The lowest BCUT2D eigenvalue weighted by Gasteiger charge is -2.12. The molecule has 0 unspecified atom stereocenters. The molecule has 1 aromatic carbocycles. The number of hydrogen-bond acceptors (Lipinski definition) is 4. The van der Waals surface area contributed by atoms with Gasteiger partial charge in [-0.3, -0.25) is 9.89 Å². The molecule has 20 heavy (non-hydrogen) atoms. The van der Waals surface area contributed by atoms with Gasteiger partial charge in [0.2, 0.25) is 5.91 Å². The molecule has 2 rings (SSSR count). The molecule has 1 aromatic heterocycles. The molecule has 0 bridgehead atoms. The van der Waals surface area contributed by atoms with E-state index in [1.165, 1.54) is 0 Å². The molecule has 0 fully saturated rings. The molecule has 106 valence electrons. The zero-order valence-corrected chi connectivity index (χ0v) is 12.7. The second-order valence-electron chi connectivity index (χ2n) is 4.00. The Kier molecular flexibility index (Phi) is 4.62. The summed E-state index contributed by atoms with van der Waals surface area (Å²) in [6.07, 6.45) is 1.83. The van der Waals surface area contributed by atoms with Gasteiger partial charge in [-0.2, -0.15) is 5.10 Å². The number of halogens is 1. The van der Waals surface area contributed by atoms with E-state index in [0.29, 0.717) is 21.7 Å². The Morgan fingerprint density at radius 2 is 2.00 bits per heavy atom. The average molecular weight is 340 g/mol. The number of aromatic nitrogens is 2. The third-order valence-electron chi connectivity index (χ3n) is 2.64. The highest BCUT2D eigenvalue weighted by Crippen LogP contribution is 2.37. The molecule has 6 nitrogen and oxygen atoms in total. The van der Waals surface area contributed by atoms with Crippen molar-refractivity contribution in [1.82, 2.24) is 10.2 Å². The Morgan fingerprint density at radius 3 is 2.50 bits per heavy atom. The lowest BCUT2D eigenvalue weighted by atomic mass is 10.2. The van der Waals surface area contributed by atoms with Gasteiger partial charge in [-0.15, -0.1) is 0 Å². The zero-order chi connectivity index (χ0) is 14.5. The number of rotatable bonds is 5. The Labute approximate surface area is 124 Å². The molecule has 0 saturated heterocycles. The Bertz CT molecular complexity index is 574. The third kappa shape index (κ3) is 3.30. The van der Waals surface area contributed by atoms with E-state index in [1.54, 1.807) is 38.6 Å². The first-order valence-electron chi connectivity index (χ1n) is 5.83. The van der Waals surface area contributed by atoms with E-state index < -0.39 is 0 Å². The predicted molar refractivity (Wildman–Crippen MR) is 78.2 cm³/mol.